The summed E-state index contributed by atoms with van der Waals surface area (Å²) in [5.74, 6) is 2.28. The maximum Gasteiger partial charge on any atom is 0.122 e. The van der Waals surface area contributed by atoms with E-state index in [-0.39, 0.29) is 0 Å². The van der Waals surface area contributed by atoms with Gasteiger partial charge in [0.05, 0.1) is 0 Å². The number of halogens is 1. The molecule has 0 aromatic heterocycles. The van der Waals surface area contributed by atoms with Gasteiger partial charge in [-0.2, -0.15) is 0 Å². The Balaban J connectivity index is 1.74. The average Bonchev–Trinajstić information content (AvgIpc) is 2.46. The predicted octanol–water partition coefficient (Wildman–Crippen LogP) is 5.03. The molecule has 3 heteroatoms. The molecule has 2 rings (SSSR count). The first kappa shape index (κ1) is 14.9. The minimum absolute atomic E-state index is 0.535. The van der Waals surface area contributed by atoms with Crippen molar-refractivity contribution in [2.45, 2.75) is 19.8 Å². The fourth-order valence-corrected chi connectivity index (χ4v) is 2.06. The zero-order valence-corrected chi connectivity index (χ0v) is 13.4. The van der Waals surface area contributed by atoms with Crippen molar-refractivity contribution in [1.29, 1.82) is 0 Å². The van der Waals surface area contributed by atoms with Gasteiger partial charge in [0.15, 0.2) is 0 Å². The van der Waals surface area contributed by atoms with Crippen LogP contribution in [0.4, 0.5) is 0 Å². The summed E-state index contributed by atoms with van der Waals surface area (Å²) in [5, 5.41) is 0. The van der Waals surface area contributed by atoms with E-state index in [0.717, 1.165) is 16.0 Å². The Hall–Kier alpha value is -1.48. The van der Waals surface area contributed by atoms with Crippen LogP contribution in [0.3, 0.4) is 0 Å². The minimum atomic E-state index is 0.535. The van der Waals surface area contributed by atoms with E-state index >= 15 is 0 Å². The number of hydrogen-bond donors (Lipinski definition) is 0. The van der Waals surface area contributed by atoms with Crippen LogP contribution in [0.15, 0.2) is 53.0 Å². The molecule has 0 N–H and O–H groups in total. The molecule has 0 saturated heterocycles. The van der Waals surface area contributed by atoms with E-state index in [0.29, 0.717) is 19.1 Å². The molecule has 0 heterocycles. The topological polar surface area (TPSA) is 18.5 Å². The van der Waals surface area contributed by atoms with Crippen molar-refractivity contribution < 1.29 is 9.47 Å². The molecule has 0 aliphatic rings. The lowest BCUT2D eigenvalue weighted by atomic mass is 10.0. The molecule has 0 spiro atoms. The number of hydrogen-bond acceptors (Lipinski definition) is 2. The van der Waals surface area contributed by atoms with Crippen LogP contribution in [0, 0.1) is 0 Å². The van der Waals surface area contributed by atoms with E-state index in [1.54, 1.807) is 0 Å². The second kappa shape index (κ2) is 7.34. The van der Waals surface area contributed by atoms with E-state index in [9.17, 15) is 0 Å². The molecule has 0 radical (unpaired) electrons. The third-order valence-corrected chi connectivity index (χ3v) is 3.51. The first-order valence-corrected chi connectivity index (χ1v) is 7.55. The molecule has 2 nitrogen and oxygen atoms in total. The fourth-order valence-electron chi connectivity index (χ4n) is 1.80. The Bertz CT molecular complexity index is 518. The van der Waals surface area contributed by atoms with Crippen molar-refractivity contribution >= 4 is 15.9 Å². The first-order chi connectivity index (χ1) is 9.65. The molecular formula is C17H19BrO2. The normalized spacial score (nSPS) is 10.6. The third kappa shape index (κ3) is 4.57. The quantitative estimate of drug-likeness (QED) is 0.689. The van der Waals surface area contributed by atoms with Crippen LogP contribution in [-0.2, 0) is 0 Å². The highest BCUT2D eigenvalue weighted by molar-refractivity contribution is 9.10. The Morgan fingerprint density at radius 2 is 1.25 bits per heavy atom. The molecule has 0 atom stereocenters. The van der Waals surface area contributed by atoms with Crippen molar-refractivity contribution in [3.8, 4) is 11.5 Å². The van der Waals surface area contributed by atoms with Crippen molar-refractivity contribution in [3.05, 3.63) is 58.6 Å². The van der Waals surface area contributed by atoms with E-state index in [1.165, 1.54) is 5.56 Å². The van der Waals surface area contributed by atoms with Gasteiger partial charge in [0, 0.05) is 4.47 Å². The van der Waals surface area contributed by atoms with Gasteiger partial charge in [0.1, 0.15) is 24.7 Å². The molecule has 0 aliphatic carbocycles. The Kier molecular flexibility index (Phi) is 5.48. The molecular weight excluding hydrogens is 316 g/mol. The Morgan fingerprint density at radius 3 is 1.70 bits per heavy atom. The number of rotatable bonds is 6. The van der Waals surface area contributed by atoms with Gasteiger partial charge in [-0.25, -0.2) is 0 Å². The zero-order chi connectivity index (χ0) is 14.4. The van der Waals surface area contributed by atoms with Crippen molar-refractivity contribution in [1.82, 2.24) is 0 Å². The van der Waals surface area contributed by atoms with Crippen molar-refractivity contribution in [2.24, 2.45) is 0 Å². The Labute approximate surface area is 128 Å². The van der Waals surface area contributed by atoms with Crippen LogP contribution >= 0.6 is 15.9 Å². The van der Waals surface area contributed by atoms with Crippen molar-refractivity contribution in [2.75, 3.05) is 13.2 Å². The maximum atomic E-state index is 5.65. The van der Waals surface area contributed by atoms with Gasteiger partial charge < -0.3 is 9.47 Å². The third-order valence-electron chi connectivity index (χ3n) is 2.98. The van der Waals surface area contributed by atoms with E-state index in [2.05, 4.69) is 41.9 Å². The molecule has 0 saturated carbocycles. The first-order valence-electron chi connectivity index (χ1n) is 6.76. The molecule has 0 amide bonds. The maximum absolute atomic E-state index is 5.65. The standard InChI is InChI=1S/C17H19BrO2/c1-13(2)14-3-7-16(8-4-14)19-11-12-20-17-9-5-15(18)6-10-17/h3-10,13H,11-12H2,1-2H3. The monoisotopic (exact) mass is 334 g/mol. The molecule has 2 aromatic carbocycles. The average molecular weight is 335 g/mol. The summed E-state index contributed by atoms with van der Waals surface area (Å²) in [7, 11) is 0. The molecule has 0 aliphatic heterocycles. The number of ether oxygens (including phenoxy) is 2. The van der Waals surface area contributed by atoms with E-state index in [1.807, 2.05) is 36.4 Å². The second-order valence-corrected chi connectivity index (χ2v) is 5.79. The van der Waals surface area contributed by atoms with E-state index in [4.69, 9.17) is 9.47 Å². The highest BCUT2D eigenvalue weighted by Crippen LogP contribution is 2.19. The van der Waals surface area contributed by atoms with Gasteiger partial charge >= 0.3 is 0 Å². The molecule has 0 unspecified atom stereocenters. The second-order valence-electron chi connectivity index (χ2n) is 4.87. The lowest BCUT2D eigenvalue weighted by molar-refractivity contribution is 0.217. The summed E-state index contributed by atoms with van der Waals surface area (Å²) < 4.78 is 12.3. The fraction of sp³-hybridized carbons (Fsp3) is 0.294. The highest BCUT2D eigenvalue weighted by atomic mass is 79.9. The van der Waals surface area contributed by atoms with E-state index < -0.39 is 0 Å². The largest absolute Gasteiger partial charge is 0.490 e. The van der Waals surface area contributed by atoms with Crippen LogP contribution < -0.4 is 9.47 Å². The van der Waals surface area contributed by atoms with Crippen LogP contribution in [0.25, 0.3) is 0 Å². The molecule has 20 heavy (non-hydrogen) atoms. The molecule has 106 valence electrons. The van der Waals surface area contributed by atoms with Crippen LogP contribution in [0.5, 0.6) is 11.5 Å². The Morgan fingerprint density at radius 1 is 0.800 bits per heavy atom. The van der Waals surface area contributed by atoms with Crippen LogP contribution in [0.2, 0.25) is 0 Å². The summed E-state index contributed by atoms with van der Waals surface area (Å²) in [4.78, 5) is 0. The smallest absolute Gasteiger partial charge is 0.122 e. The molecule has 0 fully saturated rings. The van der Waals surface area contributed by atoms with Crippen LogP contribution in [0.1, 0.15) is 25.3 Å². The lowest BCUT2D eigenvalue weighted by Gasteiger charge is -2.10. The lowest BCUT2D eigenvalue weighted by Crippen LogP contribution is -2.08. The van der Waals surface area contributed by atoms with Crippen LogP contribution in [-0.4, -0.2) is 13.2 Å². The van der Waals surface area contributed by atoms with Gasteiger partial charge in [-0.05, 0) is 47.9 Å². The molecule has 0 bridgehead atoms. The zero-order valence-electron chi connectivity index (χ0n) is 11.8. The van der Waals surface area contributed by atoms with Gasteiger partial charge in [-0.3, -0.25) is 0 Å². The minimum Gasteiger partial charge on any atom is -0.490 e. The SMILES string of the molecule is CC(C)c1ccc(OCCOc2ccc(Br)cc2)cc1. The van der Waals surface area contributed by atoms with Crippen molar-refractivity contribution in [3.63, 3.8) is 0 Å². The summed E-state index contributed by atoms with van der Waals surface area (Å²) in [5.41, 5.74) is 1.32. The summed E-state index contributed by atoms with van der Waals surface area (Å²) >= 11 is 3.39. The predicted molar refractivity (Wildman–Crippen MR) is 85.7 cm³/mol. The highest BCUT2D eigenvalue weighted by Gasteiger charge is 2.00. The summed E-state index contributed by atoms with van der Waals surface area (Å²) in [6.07, 6.45) is 0. The molecule has 2 aromatic rings. The number of benzene rings is 2. The van der Waals surface area contributed by atoms with Gasteiger partial charge in [-0.1, -0.05) is 41.9 Å². The van der Waals surface area contributed by atoms with Gasteiger partial charge in [0.25, 0.3) is 0 Å². The summed E-state index contributed by atoms with van der Waals surface area (Å²) in [6, 6.07) is 16.0. The van der Waals surface area contributed by atoms with Gasteiger partial charge in [0.2, 0.25) is 0 Å². The summed E-state index contributed by atoms with van der Waals surface area (Å²) in [6.45, 7) is 5.44. The van der Waals surface area contributed by atoms with Gasteiger partial charge in [-0.15, -0.1) is 0 Å².